The summed E-state index contributed by atoms with van der Waals surface area (Å²) in [7, 11) is 1.73. The van der Waals surface area contributed by atoms with Gasteiger partial charge in [-0.1, -0.05) is 0 Å². The summed E-state index contributed by atoms with van der Waals surface area (Å²) in [4.78, 5) is 11.9. The number of halogens is 1. The van der Waals surface area contributed by atoms with Crippen LogP contribution in [0, 0.1) is 5.41 Å². The summed E-state index contributed by atoms with van der Waals surface area (Å²) >= 11 is 0. The predicted molar refractivity (Wildman–Crippen MR) is 75.6 cm³/mol. The van der Waals surface area contributed by atoms with Gasteiger partial charge < -0.3 is 20.1 Å². The second-order valence-electron chi connectivity index (χ2n) is 5.40. The van der Waals surface area contributed by atoms with E-state index in [0.717, 1.165) is 38.8 Å². The van der Waals surface area contributed by atoms with Gasteiger partial charge in [-0.15, -0.1) is 12.4 Å². The molecular formula is C13H25ClN2O3. The van der Waals surface area contributed by atoms with Crippen LogP contribution >= 0.6 is 12.4 Å². The van der Waals surface area contributed by atoms with E-state index < -0.39 is 0 Å². The second kappa shape index (κ2) is 8.04. The minimum absolute atomic E-state index is 0. The lowest BCUT2D eigenvalue weighted by Crippen LogP contribution is -2.48. The number of amides is 1. The van der Waals surface area contributed by atoms with Gasteiger partial charge in [0, 0.05) is 25.7 Å². The molecule has 2 aliphatic heterocycles. The van der Waals surface area contributed by atoms with Crippen LogP contribution in [0.4, 0.5) is 0 Å². The molecule has 19 heavy (non-hydrogen) atoms. The highest BCUT2D eigenvalue weighted by Gasteiger charge is 2.33. The van der Waals surface area contributed by atoms with Crippen LogP contribution < -0.4 is 10.6 Å². The van der Waals surface area contributed by atoms with Crippen molar-refractivity contribution in [3.63, 3.8) is 0 Å². The number of rotatable bonds is 5. The zero-order valence-corrected chi connectivity index (χ0v) is 12.4. The van der Waals surface area contributed by atoms with Crippen molar-refractivity contribution in [1.82, 2.24) is 10.6 Å². The number of piperidine rings is 1. The molecule has 1 amide bonds. The average Bonchev–Trinajstić information content (AvgIpc) is 2.91. The first kappa shape index (κ1) is 16.7. The molecule has 1 atom stereocenters. The molecule has 5 nitrogen and oxygen atoms in total. The molecule has 2 N–H and O–H groups in total. The molecule has 0 aromatic carbocycles. The summed E-state index contributed by atoms with van der Waals surface area (Å²) < 4.78 is 10.7. The number of nitrogens with one attached hydrogen (secondary N) is 2. The quantitative estimate of drug-likeness (QED) is 0.784. The molecule has 0 aromatic heterocycles. The van der Waals surface area contributed by atoms with E-state index in [4.69, 9.17) is 9.47 Å². The van der Waals surface area contributed by atoms with Crippen molar-refractivity contribution < 1.29 is 14.3 Å². The van der Waals surface area contributed by atoms with E-state index in [2.05, 4.69) is 10.6 Å². The van der Waals surface area contributed by atoms with Crippen LogP contribution in [-0.2, 0) is 14.3 Å². The fourth-order valence-electron chi connectivity index (χ4n) is 2.81. The Morgan fingerprint density at radius 1 is 1.47 bits per heavy atom. The Balaban J connectivity index is 0.00000180. The molecular weight excluding hydrogens is 268 g/mol. The van der Waals surface area contributed by atoms with Gasteiger partial charge in [-0.25, -0.2) is 0 Å². The summed E-state index contributed by atoms with van der Waals surface area (Å²) in [5, 5.41) is 6.40. The lowest BCUT2D eigenvalue weighted by molar-refractivity contribution is -0.131. The number of methoxy groups -OCH3 is 1. The highest BCUT2D eigenvalue weighted by atomic mass is 35.5. The predicted octanol–water partition coefficient (Wildman–Crippen LogP) is 0.720. The Morgan fingerprint density at radius 3 is 2.79 bits per heavy atom. The van der Waals surface area contributed by atoms with Crippen molar-refractivity contribution in [2.75, 3.05) is 40.0 Å². The summed E-state index contributed by atoms with van der Waals surface area (Å²) in [6.07, 6.45) is 3.71. The molecule has 0 aromatic rings. The number of carbonyl (C=O) groups excluding carboxylic acids is 1. The smallest absolute Gasteiger partial charge is 0.249 e. The molecule has 6 heteroatoms. The van der Waals surface area contributed by atoms with Gasteiger partial charge in [0.15, 0.2) is 0 Å². The molecule has 1 unspecified atom stereocenters. The van der Waals surface area contributed by atoms with Gasteiger partial charge in [0.2, 0.25) is 5.91 Å². The van der Waals surface area contributed by atoms with Crippen molar-refractivity contribution in [2.45, 2.75) is 31.8 Å². The van der Waals surface area contributed by atoms with Crippen molar-refractivity contribution in [3.8, 4) is 0 Å². The molecule has 112 valence electrons. The molecule has 2 rings (SSSR count). The SMILES string of the molecule is COCC1(CNC(=O)C2CCCO2)CCNCC1.Cl. The topological polar surface area (TPSA) is 59.6 Å². The zero-order chi connectivity index (χ0) is 12.8. The molecule has 2 heterocycles. The number of hydrogen-bond donors (Lipinski definition) is 2. The lowest BCUT2D eigenvalue weighted by atomic mass is 9.79. The Bertz CT molecular complexity index is 272. The van der Waals surface area contributed by atoms with E-state index in [1.807, 2.05) is 0 Å². The summed E-state index contributed by atoms with van der Waals surface area (Å²) in [6.45, 7) is 4.12. The monoisotopic (exact) mass is 292 g/mol. The van der Waals surface area contributed by atoms with Crippen LogP contribution in [0.5, 0.6) is 0 Å². The molecule has 0 spiro atoms. The standard InChI is InChI=1S/C13H24N2O3.ClH/c1-17-10-13(4-6-14-7-5-13)9-15-12(16)11-3-2-8-18-11;/h11,14H,2-10H2,1H3,(H,15,16);1H. The van der Waals surface area contributed by atoms with E-state index >= 15 is 0 Å². The van der Waals surface area contributed by atoms with Crippen molar-refractivity contribution >= 4 is 18.3 Å². The first-order valence-electron chi connectivity index (χ1n) is 6.85. The molecule has 0 radical (unpaired) electrons. The summed E-state index contributed by atoms with van der Waals surface area (Å²) in [5.74, 6) is 0.0431. The maximum Gasteiger partial charge on any atom is 0.249 e. The zero-order valence-electron chi connectivity index (χ0n) is 11.6. The highest BCUT2D eigenvalue weighted by Crippen LogP contribution is 2.28. The molecule has 2 aliphatic rings. The largest absolute Gasteiger partial charge is 0.384 e. The van der Waals surface area contributed by atoms with E-state index in [9.17, 15) is 4.79 Å². The number of carbonyl (C=O) groups is 1. The number of hydrogen-bond acceptors (Lipinski definition) is 4. The van der Waals surface area contributed by atoms with Crippen molar-refractivity contribution in [1.29, 1.82) is 0 Å². The normalized spacial score (nSPS) is 25.6. The first-order chi connectivity index (χ1) is 8.76. The fraction of sp³-hybridized carbons (Fsp3) is 0.923. The second-order valence-corrected chi connectivity index (χ2v) is 5.40. The Morgan fingerprint density at radius 2 is 2.21 bits per heavy atom. The maximum atomic E-state index is 11.9. The fourth-order valence-corrected chi connectivity index (χ4v) is 2.81. The molecule has 0 saturated carbocycles. The lowest BCUT2D eigenvalue weighted by Gasteiger charge is -2.37. The van der Waals surface area contributed by atoms with Gasteiger partial charge in [0.25, 0.3) is 0 Å². The first-order valence-corrected chi connectivity index (χ1v) is 6.85. The third kappa shape index (κ3) is 4.60. The Hall–Kier alpha value is -0.360. The van der Waals surface area contributed by atoms with E-state index in [0.29, 0.717) is 19.8 Å². The molecule has 0 aliphatic carbocycles. The van der Waals surface area contributed by atoms with Gasteiger partial charge in [-0.3, -0.25) is 4.79 Å². The van der Waals surface area contributed by atoms with Crippen LogP contribution in [-0.4, -0.2) is 52.0 Å². The third-order valence-electron chi connectivity index (χ3n) is 3.97. The van der Waals surface area contributed by atoms with Gasteiger partial charge >= 0.3 is 0 Å². The van der Waals surface area contributed by atoms with Gasteiger partial charge in [0.1, 0.15) is 6.10 Å². The minimum Gasteiger partial charge on any atom is -0.384 e. The highest BCUT2D eigenvalue weighted by molar-refractivity contribution is 5.85. The van der Waals surface area contributed by atoms with Crippen LogP contribution in [0.1, 0.15) is 25.7 Å². The Kier molecular flexibility index (Phi) is 7.07. The molecule has 2 saturated heterocycles. The Labute approximate surface area is 121 Å². The van der Waals surface area contributed by atoms with Crippen molar-refractivity contribution in [3.05, 3.63) is 0 Å². The molecule has 2 fully saturated rings. The van der Waals surface area contributed by atoms with Gasteiger partial charge in [0.05, 0.1) is 6.61 Å². The number of ether oxygens (including phenoxy) is 2. The van der Waals surface area contributed by atoms with Crippen molar-refractivity contribution in [2.24, 2.45) is 5.41 Å². The summed E-state index contributed by atoms with van der Waals surface area (Å²) in [6, 6.07) is 0. The van der Waals surface area contributed by atoms with Crippen LogP contribution in [0.15, 0.2) is 0 Å². The van der Waals surface area contributed by atoms with Crippen LogP contribution in [0.3, 0.4) is 0 Å². The van der Waals surface area contributed by atoms with Crippen LogP contribution in [0.2, 0.25) is 0 Å². The summed E-state index contributed by atoms with van der Waals surface area (Å²) in [5.41, 5.74) is 0.0915. The minimum atomic E-state index is -0.230. The van der Waals surface area contributed by atoms with Gasteiger partial charge in [-0.2, -0.15) is 0 Å². The third-order valence-corrected chi connectivity index (χ3v) is 3.97. The van der Waals surface area contributed by atoms with E-state index in [1.54, 1.807) is 7.11 Å². The van der Waals surface area contributed by atoms with E-state index in [1.165, 1.54) is 0 Å². The van der Waals surface area contributed by atoms with E-state index in [-0.39, 0.29) is 29.8 Å². The average molecular weight is 293 g/mol. The van der Waals surface area contributed by atoms with Crippen LogP contribution in [0.25, 0.3) is 0 Å². The molecule has 0 bridgehead atoms. The van der Waals surface area contributed by atoms with Gasteiger partial charge in [-0.05, 0) is 38.8 Å². The maximum absolute atomic E-state index is 11.9.